The smallest absolute Gasteiger partial charge is 0.374 e. The molecule has 0 atom stereocenters. The fraction of sp³-hybridized carbons (Fsp3) is 0.562. The summed E-state index contributed by atoms with van der Waals surface area (Å²) in [5.74, 6) is -3.82. The molecule has 0 aliphatic carbocycles. The van der Waals surface area contributed by atoms with Crippen LogP contribution in [0.15, 0.2) is 16.7 Å². The summed E-state index contributed by atoms with van der Waals surface area (Å²) in [6.45, 7) is 4.16. The summed E-state index contributed by atoms with van der Waals surface area (Å²) in [5, 5.41) is 0. The van der Waals surface area contributed by atoms with Crippen LogP contribution >= 0.6 is 0 Å². The molecule has 1 aromatic rings. The van der Waals surface area contributed by atoms with Gasteiger partial charge in [-0.05, 0) is 32.4 Å². The molecule has 0 spiro atoms. The Bertz CT molecular complexity index is 591. The lowest BCUT2D eigenvalue weighted by Crippen LogP contribution is -2.49. The molecule has 1 rings (SSSR count). The summed E-state index contributed by atoms with van der Waals surface area (Å²) in [4.78, 5) is 35.9. The second kappa shape index (κ2) is 9.14. The van der Waals surface area contributed by atoms with Crippen LogP contribution in [0.4, 0.5) is 8.78 Å². The standard InChI is InChI=1S/C16H20F2O7/c1-4-22-12(19)11-7-10(9-25-11)8-16(13(17)18,14(20)23-5-2)15(21)24-6-3/h7,9,13H,4-6,8H2,1-3H3. The Kier molecular flexibility index (Phi) is 7.53. The van der Waals surface area contributed by atoms with Crippen molar-refractivity contribution in [1.29, 1.82) is 0 Å². The third-order valence-electron chi connectivity index (χ3n) is 3.27. The number of alkyl halides is 2. The molecule has 0 saturated heterocycles. The fourth-order valence-electron chi connectivity index (χ4n) is 2.10. The van der Waals surface area contributed by atoms with E-state index in [1.165, 1.54) is 13.8 Å². The zero-order chi connectivity index (χ0) is 19.0. The Balaban J connectivity index is 3.21. The van der Waals surface area contributed by atoms with Crippen LogP contribution < -0.4 is 0 Å². The van der Waals surface area contributed by atoms with E-state index in [0.717, 1.165) is 12.3 Å². The first-order valence-corrected chi connectivity index (χ1v) is 7.70. The number of furan rings is 1. The highest BCUT2D eigenvalue weighted by Crippen LogP contribution is 2.35. The maximum absolute atomic E-state index is 13.7. The van der Waals surface area contributed by atoms with E-state index in [2.05, 4.69) is 9.47 Å². The minimum Gasteiger partial charge on any atom is -0.465 e. The Morgan fingerprint density at radius 1 is 1.04 bits per heavy atom. The van der Waals surface area contributed by atoms with E-state index in [1.807, 2.05) is 0 Å². The highest BCUT2D eigenvalue weighted by atomic mass is 19.3. The molecular formula is C16H20F2O7. The topological polar surface area (TPSA) is 92.0 Å². The van der Waals surface area contributed by atoms with E-state index in [-0.39, 0.29) is 31.1 Å². The van der Waals surface area contributed by atoms with Crippen molar-refractivity contribution >= 4 is 17.9 Å². The van der Waals surface area contributed by atoms with Crippen LogP contribution in [0.25, 0.3) is 0 Å². The Morgan fingerprint density at radius 2 is 1.56 bits per heavy atom. The molecule has 25 heavy (non-hydrogen) atoms. The minimum absolute atomic E-state index is 0.0319. The van der Waals surface area contributed by atoms with Crippen LogP contribution in [-0.4, -0.2) is 44.2 Å². The van der Waals surface area contributed by atoms with E-state index in [9.17, 15) is 23.2 Å². The van der Waals surface area contributed by atoms with Crippen LogP contribution in [-0.2, 0) is 30.2 Å². The summed E-state index contributed by atoms with van der Waals surface area (Å²) < 4.78 is 46.5. The van der Waals surface area contributed by atoms with Crippen LogP contribution in [0.2, 0.25) is 0 Å². The molecular weight excluding hydrogens is 342 g/mol. The molecule has 1 heterocycles. The van der Waals surface area contributed by atoms with Crippen molar-refractivity contribution in [3.63, 3.8) is 0 Å². The van der Waals surface area contributed by atoms with Crippen molar-refractivity contribution < 1.29 is 41.8 Å². The Morgan fingerprint density at radius 3 is 2.00 bits per heavy atom. The molecule has 0 aliphatic heterocycles. The molecule has 0 N–H and O–H groups in total. The average Bonchev–Trinajstić information content (AvgIpc) is 3.01. The quantitative estimate of drug-likeness (QED) is 0.378. The van der Waals surface area contributed by atoms with Gasteiger partial charge in [-0.2, -0.15) is 0 Å². The van der Waals surface area contributed by atoms with Gasteiger partial charge in [0.25, 0.3) is 6.43 Å². The molecule has 0 bridgehead atoms. The van der Waals surface area contributed by atoms with Crippen molar-refractivity contribution in [2.24, 2.45) is 5.41 Å². The molecule has 0 unspecified atom stereocenters. The van der Waals surface area contributed by atoms with Crippen molar-refractivity contribution in [3.05, 3.63) is 23.7 Å². The SMILES string of the molecule is CCOC(=O)c1cc(CC(C(=O)OCC)(C(=O)OCC)C(F)F)co1. The molecule has 0 aliphatic rings. The van der Waals surface area contributed by atoms with Gasteiger partial charge in [0.15, 0.2) is 0 Å². The van der Waals surface area contributed by atoms with E-state index >= 15 is 0 Å². The molecule has 0 aromatic carbocycles. The maximum atomic E-state index is 13.7. The number of hydrogen-bond acceptors (Lipinski definition) is 7. The van der Waals surface area contributed by atoms with Gasteiger partial charge in [0.2, 0.25) is 11.2 Å². The lowest BCUT2D eigenvalue weighted by molar-refractivity contribution is -0.184. The first-order valence-electron chi connectivity index (χ1n) is 7.70. The zero-order valence-corrected chi connectivity index (χ0v) is 14.2. The monoisotopic (exact) mass is 362 g/mol. The van der Waals surface area contributed by atoms with E-state index in [1.54, 1.807) is 6.92 Å². The summed E-state index contributed by atoms with van der Waals surface area (Å²) in [7, 11) is 0. The van der Waals surface area contributed by atoms with Crippen LogP contribution in [0.5, 0.6) is 0 Å². The molecule has 7 nitrogen and oxygen atoms in total. The van der Waals surface area contributed by atoms with Crippen molar-refractivity contribution in [2.45, 2.75) is 33.6 Å². The van der Waals surface area contributed by atoms with Crippen molar-refractivity contribution in [2.75, 3.05) is 19.8 Å². The first-order chi connectivity index (χ1) is 11.8. The number of hydrogen-bond donors (Lipinski definition) is 0. The van der Waals surface area contributed by atoms with Crippen molar-refractivity contribution in [3.8, 4) is 0 Å². The normalized spacial score (nSPS) is 11.3. The number of esters is 3. The van der Waals surface area contributed by atoms with Gasteiger partial charge < -0.3 is 18.6 Å². The predicted octanol–water partition coefficient (Wildman–Crippen LogP) is 2.38. The van der Waals surface area contributed by atoms with E-state index in [0.29, 0.717) is 0 Å². The van der Waals surface area contributed by atoms with Gasteiger partial charge in [0, 0.05) is 6.42 Å². The molecule has 0 fully saturated rings. The van der Waals surface area contributed by atoms with E-state index in [4.69, 9.17) is 9.15 Å². The molecule has 9 heteroatoms. The summed E-state index contributed by atoms with van der Waals surface area (Å²) in [6, 6.07) is 1.13. The average molecular weight is 362 g/mol. The van der Waals surface area contributed by atoms with Gasteiger partial charge in [0.05, 0.1) is 26.1 Å². The zero-order valence-electron chi connectivity index (χ0n) is 14.2. The molecule has 0 amide bonds. The number of ether oxygens (including phenoxy) is 3. The van der Waals surface area contributed by atoms with Gasteiger partial charge in [-0.25, -0.2) is 13.6 Å². The van der Waals surface area contributed by atoms with E-state index < -0.39 is 36.2 Å². The lowest BCUT2D eigenvalue weighted by atomic mass is 9.82. The van der Waals surface area contributed by atoms with Crippen LogP contribution in [0.1, 0.15) is 36.9 Å². The fourth-order valence-corrected chi connectivity index (χ4v) is 2.10. The second-order valence-corrected chi connectivity index (χ2v) is 4.93. The van der Waals surface area contributed by atoms with Gasteiger partial charge >= 0.3 is 17.9 Å². The molecule has 140 valence electrons. The third kappa shape index (κ3) is 4.55. The van der Waals surface area contributed by atoms with Crippen LogP contribution in [0, 0.1) is 5.41 Å². The predicted molar refractivity (Wildman–Crippen MR) is 80.1 cm³/mol. The second-order valence-electron chi connectivity index (χ2n) is 4.93. The number of halogens is 2. The summed E-state index contributed by atoms with van der Waals surface area (Å²) in [6.07, 6.45) is -3.13. The summed E-state index contributed by atoms with van der Waals surface area (Å²) >= 11 is 0. The molecule has 0 radical (unpaired) electrons. The first kappa shape index (κ1) is 20.6. The summed E-state index contributed by atoms with van der Waals surface area (Å²) in [5.41, 5.74) is -2.81. The largest absolute Gasteiger partial charge is 0.465 e. The van der Waals surface area contributed by atoms with Gasteiger partial charge in [-0.3, -0.25) is 9.59 Å². The highest BCUT2D eigenvalue weighted by molar-refractivity contribution is 6.01. The van der Waals surface area contributed by atoms with Gasteiger partial charge in [-0.15, -0.1) is 0 Å². The molecule has 0 saturated carbocycles. The van der Waals surface area contributed by atoms with Gasteiger partial charge in [0.1, 0.15) is 0 Å². The maximum Gasteiger partial charge on any atom is 0.374 e. The number of carbonyl (C=O) groups excluding carboxylic acids is 3. The highest BCUT2D eigenvalue weighted by Gasteiger charge is 2.57. The minimum atomic E-state index is -3.38. The van der Waals surface area contributed by atoms with Crippen molar-refractivity contribution in [1.82, 2.24) is 0 Å². The number of carbonyl (C=O) groups is 3. The Hall–Kier alpha value is -2.45. The van der Waals surface area contributed by atoms with Gasteiger partial charge in [-0.1, -0.05) is 0 Å². The Labute approximate surface area is 143 Å². The van der Waals surface area contributed by atoms with Crippen LogP contribution in [0.3, 0.4) is 0 Å². The third-order valence-corrected chi connectivity index (χ3v) is 3.27. The lowest BCUT2D eigenvalue weighted by Gasteiger charge is -2.27. The number of rotatable bonds is 9. The molecule has 1 aromatic heterocycles.